The molecule has 0 radical (unpaired) electrons. The molecule has 0 bridgehead atoms. The monoisotopic (exact) mass is 386 g/mol. The number of hydrogen-bond acceptors (Lipinski definition) is 5. The van der Waals surface area contributed by atoms with Crippen LogP contribution in [0.3, 0.4) is 0 Å². The lowest BCUT2D eigenvalue weighted by molar-refractivity contribution is -0.384. The van der Waals surface area contributed by atoms with Crippen LogP contribution in [0.15, 0.2) is 54.6 Å². The van der Waals surface area contributed by atoms with Crippen molar-refractivity contribution in [3.05, 3.63) is 75.8 Å². The van der Waals surface area contributed by atoms with E-state index in [0.717, 1.165) is 5.56 Å². The van der Waals surface area contributed by atoms with Crippen LogP contribution >= 0.6 is 12.2 Å². The number of carbonyl (C=O) groups is 2. The molecule has 2 aromatic carbocycles. The zero-order valence-electron chi connectivity index (χ0n) is 14.3. The zero-order valence-corrected chi connectivity index (χ0v) is 15.1. The van der Waals surface area contributed by atoms with Crippen molar-refractivity contribution in [2.45, 2.75) is 13.0 Å². The van der Waals surface area contributed by atoms with Gasteiger partial charge >= 0.3 is 0 Å². The number of non-ortho nitro benzene ring substituents is 1. The number of nitrogens with one attached hydrogen (secondary N) is 1. The maximum absolute atomic E-state index is 12.4. The molecule has 0 saturated carbocycles. The SMILES string of the molecule is NC(=O)CCN(Cc1ccccc1)C(=S)NC(=O)c1cccc([N+](=O)[O-])c1. The van der Waals surface area contributed by atoms with Gasteiger partial charge in [-0.25, -0.2) is 0 Å². The molecule has 0 spiro atoms. The predicted molar refractivity (Wildman–Crippen MR) is 104 cm³/mol. The first-order chi connectivity index (χ1) is 12.9. The van der Waals surface area contributed by atoms with Crippen molar-refractivity contribution in [1.29, 1.82) is 0 Å². The highest BCUT2D eigenvalue weighted by Gasteiger charge is 2.17. The molecule has 0 heterocycles. The third-order valence-corrected chi connectivity index (χ3v) is 4.03. The Bertz CT molecular complexity index is 857. The van der Waals surface area contributed by atoms with Gasteiger partial charge in [0.15, 0.2) is 5.11 Å². The quantitative estimate of drug-likeness (QED) is 0.427. The molecule has 140 valence electrons. The van der Waals surface area contributed by atoms with E-state index in [9.17, 15) is 19.7 Å². The number of amides is 2. The largest absolute Gasteiger partial charge is 0.370 e. The van der Waals surface area contributed by atoms with Crippen LogP contribution in [0.5, 0.6) is 0 Å². The Labute approximate surface area is 161 Å². The number of nitro groups is 1. The summed E-state index contributed by atoms with van der Waals surface area (Å²) in [6, 6.07) is 14.7. The molecule has 0 aliphatic rings. The van der Waals surface area contributed by atoms with Crippen LogP contribution in [0, 0.1) is 10.1 Å². The second-order valence-corrected chi connectivity index (χ2v) is 6.08. The number of rotatable bonds is 7. The second-order valence-electron chi connectivity index (χ2n) is 5.69. The van der Waals surface area contributed by atoms with Gasteiger partial charge in [0.05, 0.1) is 4.92 Å². The van der Waals surface area contributed by atoms with E-state index in [4.69, 9.17) is 18.0 Å². The maximum Gasteiger partial charge on any atom is 0.270 e. The Morgan fingerprint density at radius 3 is 2.48 bits per heavy atom. The molecule has 27 heavy (non-hydrogen) atoms. The fourth-order valence-electron chi connectivity index (χ4n) is 2.31. The molecule has 2 aromatic rings. The molecule has 0 aliphatic heterocycles. The number of nitrogens with zero attached hydrogens (tertiary/aromatic N) is 2. The van der Waals surface area contributed by atoms with Gasteiger partial charge in [-0.3, -0.25) is 25.0 Å². The van der Waals surface area contributed by atoms with Gasteiger partial charge in [-0.1, -0.05) is 36.4 Å². The van der Waals surface area contributed by atoms with Crippen LogP contribution in [0.2, 0.25) is 0 Å². The van der Waals surface area contributed by atoms with E-state index in [2.05, 4.69) is 5.32 Å². The molecule has 3 N–H and O–H groups in total. The topological polar surface area (TPSA) is 119 Å². The first-order valence-corrected chi connectivity index (χ1v) is 8.44. The highest BCUT2D eigenvalue weighted by atomic mass is 32.1. The fourth-order valence-corrected chi connectivity index (χ4v) is 2.56. The number of thiocarbonyl (C=S) groups is 1. The minimum Gasteiger partial charge on any atom is -0.370 e. The highest BCUT2D eigenvalue weighted by Crippen LogP contribution is 2.13. The summed E-state index contributed by atoms with van der Waals surface area (Å²) in [5, 5.41) is 13.5. The number of hydrogen-bond donors (Lipinski definition) is 2. The molecule has 8 nitrogen and oxygen atoms in total. The van der Waals surface area contributed by atoms with Crippen molar-refractivity contribution in [2.75, 3.05) is 6.54 Å². The Morgan fingerprint density at radius 2 is 1.85 bits per heavy atom. The summed E-state index contributed by atoms with van der Waals surface area (Å²) >= 11 is 5.30. The number of nitro benzene ring substituents is 1. The smallest absolute Gasteiger partial charge is 0.270 e. The summed E-state index contributed by atoms with van der Waals surface area (Å²) in [6.07, 6.45) is 0.0691. The number of nitrogens with two attached hydrogens (primary N) is 1. The van der Waals surface area contributed by atoms with Crippen LogP contribution in [-0.2, 0) is 11.3 Å². The average molecular weight is 386 g/mol. The molecule has 9 heteroatoms. The minimum atomic E-state index is -0.580. The first-order valence-electron chi connectivity index (χ1n) is 8.04. The molecule has 0 unspecified atom stereocenters. The fraction of sp³-hybridized carbons (Fsp3) is 0.167. The van der Waals surface area contributed by atoms with Crippen LogP contribution < -0.4 is 11.1 Å². The van der Waals surface area contributed by atoms with E-state index in [1.54, 1.807) is 4.90 Å². The number of carbonyl (C=O) groups excluding carboxylic acids is 2. The van der Waals surface area contributed by atoms with Crippen molar-refractivity contribution in [3.63, 3.8) is 0 Å². The molecule has 2 rings (SSSR count). The summed E-state index contributed by atoms with van der Waals surface area (Å²) in [6.45, 7) is 0.612. The second kappa shape index (κ2) is 9.39. The molecular formula is C18H18N4O4S. The Hall–Kier alpha value is -3.33. The zero-order chi connectivity index (χ0) is 19.8. The minimum absolute atomic E-state index is 0.0691. The van der Waals surface area contributed by atoms with Gasteiger partial charge in [-0.15, -0.1) is 0 Å². The molecule has 0 aromatic heterocycles. The molecule has 2 amide bonds. The summed E-state index contributed by atoms with van der Waals surface area (Å²) in [5.74, 6) is -1.05. The summed E-state index contributed by atoms with van der Waals surface area (Å²) in [4.78, 5) is 35.4. The summed E-state index contributed by atoms with van der Waals surface area (Å²) in [5.41, 5.74) is 6.07. The molecule has 0 aliphatic carbocycles. The van der Waals surface area contributed by atoms with Crippen LogP contribution in [0.4, 0.5) is 5.69 Å². The van der Waals surface area contributed by atoms with E-state index in [1.807, 2.05) is 30.3 Å². The predicted octanol–water partition coefficient (Wildman–Crippen LogP) is 1.99. The van der Waals surface area contributed by atoms with E-state index >= 15 is 0 Å². The Kier molecular flexibility index (Phi) is 6.95. The summed E-state index contributed by atoms with van der Waals surface area (Å²) in [7, 11) is 0. The highest BCUT2D eigenvalue weighted by molar-refractivity contribution is 7.80. The standard InChI is InChI=1S/C18H18N4O4S/c19-16(23)9-10-21(12-13-5-2-1-3-6-13)18(27)20-17(24)14-7-4-8-15(11-14)22(25)26/h1-8,11H,9-10,12H2,(H2,19,23)(H,20,24,27). The van der Waals surface area contributed by atoms with Crippen molar-refractivity contribution >= 4 is 34.8 Å². The van der Waals surface area contributed by atoms with Crippen LogP contribution in [0.25, 0.3) is 0 Å². The molecular weight excluding hydrogens is 368 g/mol. The van der Waals surface area contributed by atoms with Gasteiger partial charge in [0, 0.05) is 37.2 Å². The van der Waals surface area contributed by atoms with E-state index < -0.39 is 16.7 Å². The Balaban J connectivity index is 2.11. The van der Waals surface area contributed by atoms with Gasteiger partial charge < -0.3 is 10.6 Å². The maximum atomic E-state index is 12.4. The lowest BCUT2D eigenvalue weighted by atomic mass is 10.2. The van der Waals surface area contributed by atoms with Gasteiger partial charge in [-0.05, 0) is 23.8 Å². The van der Waals surface area contributed by atoms with E-state index in [0.29, 0.717) is 6.54 Å². The lowest BCUT2D eigenvalue weighted by Gasteiger charge is -2.25. The van der Waals surface area contributed by atoms with Crippen molar-refractivity contribution in [1.82, 2.24) is 10.2 Å². The van der Waals surface area contributed by atoms with Gasteiger partial charge in [0.1, 0.15) is 0 Å². The normalized spacial score (nSPS) is 10.1. The van der Waals surface area contributed by atoms with Crippen molar-refractivity contribution in [3.8, 4) is 0 Å². The van der Waals surface area contributed by atoms with Crippen molar-refractivity contribution < 1.29 is 14.5 Å². The van der Waals surface area contributed by atoms with Gasteiger partial charge in [-0.2, -0.15) is 0 Å². The van der Waals surface area contributed by atoms with E-state index in [-0.39, 0.29) is 29.3 Å². The van der Waals surface area contributed by atoms with Crippen LogP contribution in [-0.4, -0.2) is 33.3 Å². The molecule has 0 saturated heterocycles. The van der Waals surface area contributed by atoms with E-state index in [1.165, 1.54) is 24.3 Å². The lowest BCUT2D eigenvalue weighted by Crippen LogP contribution is -2.43. The number of primary amides is 1. The Morgan fingerprint density at radius 1 is 1.15 bits per heavy atom. The average Bonchev–Trinajstić information content (AvgIpc) is 2.65. The van der Waals surface area contributed by atoms with Crippen LogP contribution in [0.1, 0.15) is 22.3 Å². The third-order valence-electron chi connectivity index (χ3n) is 3.67. The molecule has 0 fully saturated rings. The molecule has 0 atom stereocenters. The summed E-state index contributed by atoms with van der Waals surface area (Å²) < 4.78 is 0. The van der Waals surface area contributed by atoms with Gasteiger partial charge in [0.2, 0.25) is 5.91 Å². The van der Waals surface area contributed by atoms with Gasteiger partial charge in [0.25, 0.3) is 11.6 Å². The third kappa shape index (κ3) is 6.15. The number of benzene rings is 2. The van der Waals surface area contributed by atoms with Crippen molar-refractivity contribution in [2.24, 2.45) is 5.73 Å². The first kappa shape index (κ1) is 20.0.